The van der Waals surface area contributed by atoms with Gasteiger partial charge in [0.1, 0.15) is 0 Å². The van der Waals surface area contributed by atoms with E-state index in [0.717, 1.165) is 19.5 Å². The van der Waals surface area contributed by atoms with Crippen LogP contribution in [0.3, 0.4) is 0 Å². The smallest absolute Gasteiger partial charge is 0.238 e. The van der Waals surface area contributed by atoms with Crippen LogP contribution in [-0.2, 0) is 4.79 Å². The molecule has 22 heavy (non-hydrogen) atoms. The molecule has 0 bridgehead atoms. The molecule has 1 aliphatic heterocycles. The Bertz CT molecular complexity index is 535. The number of para-hydroxylation sites is 1. The largest absolute Gasteiger partial charge is 0.327 e. The van der Waals surface area contributed by atoms with Crippen LogP contribution in [0.25, 0.3) is 0 Å². The van der Waals surface area contributed by atoms with Crippen molar-refractivity contribution in [1.29, 1.82) is 0 Å². The van der Waals surface area contributed by atoms with Crippen molar-refractivity contribution in [3.8, 4) is 0 Å². The van der Waals surface area contributed by atoms with Crippen LogP contribution in [0.15, 0.2) is 18.2 Å². The maximum absolute atomic E-state index is 12.2. The van der Waals surface area contributed by atoms with Gasteiger partial charge in [-0.15, -0.1) is 12.4 Å². The van der Waals surface area contributed by atoms with Gasteiger partial charge in [0.25, 0.3) is 0 Å². The minimum absolute atomic E-state index is 0. The molecule has 0 aromatic heterocycles. The van der Waals surface area contributed by atoms with Gasteiger partial charge in [-0.3, -0.25) is 9.69 Å². The van der Waals surface area contributed by atoms with Gasteiger partial charge in [-0.2, -0.15) is 0 Å². The average molecular weight is 365 g/mol. The van der Waals surface area contributed by atoms with Gasteiger partial charge in [0.15, 0.2) is 0 Å². The zero-order valence-electron chi connectivity index (χ0n) is 12.1. The first-order valence-corrected chi connectivity index (χ1v) is 8.02. The predicted molar refractivity (Wildman–Crippen MR) is 93.0 cm³/mol. The Morgan fingerprint density at radius 3 is 2.59 bits per heavy atom. The Kier molecular flexibility index (Phi) is 5.97. The molecule has 122 valence electrons. The molecule has 0 radical (unpaired) electrons. The van der Waals surface area contributed by atoms with E-state index in [4.69, 9.17) is 28.9 Å². The summed E-state index contributed by atoms with van der Waals surface area (Å²) in [4.78, 5) is 14.3. The number of nitrogens with one attached hydrogen (secondary N) is 1. The van der Waals surface area contributed by atoms with Crippen molar-refractivity contribution < 1.29 is 4.79 Å². The zero-order valence-corrected chi connectivity index (χ0v) is 14.4. The van der Waals surface area contributed by atoms with E-state index in [1.165, 1.54) is 6.42 Å². The SMILES string of the molecule is Cl.NC1CCC2CN(CC(=O)Nc3c(Cl)cccc3Cl)CC12. The normalized spacial score (nSPS) is 27.3. The first-order chi connectivity index (χ1) is 10.0. The molecule has 4 nitrogen and oxygen atoms in total. The van der Waals surface area contributed by atoms with Gasteiger partial charge in [0, 0.05) is 19.1 Å². The average Bonchev–Trinajstić information content (AvgIpc) is 2.97. The highest BCUT2D eigenvalue weighted by atomic mass is 35.5. The molecule has 3 N–H and O–H groups in total. The highest BCUT2D eigenvalue weighted by Gasteiger charge is 2.41. The number of nitrogens with zero attached hydrogens (tertiary/aromatic N) is 1. The Labute approximate surface area is 146 Å². The van der Waals surface area contributed by atoms with Gasteiger partial charge in [-0.25, -0.2) is 0 Å². The van der Waals surface area contributed by atoms with Crippen LogP contribution in [0, 0.1) is 11.8 Å². The summed E-state index contributed by atoms with van der Waals surface area (Å²) >= 11 is 12.1. The van der Waals surface area contributed by atoms with Crippen molar-refractivity contribution in [2.24, 2.45) is 17.6 Å². The molecule has 1 heterocycles. The van der Waals surface area contributed by atoms with E-state index in [-0.39, 0.29) is 18.3 Å². The number of likely N-dealkylation sites (tertiary alicyclic amines) is 1. The van der Waals surface area contributed by atoms with Gasteiger partial charge in [-0.05, 0) is 36.8 Å². The van der Waals surface area contributed by atoms with Crippen molar-refractivity contribution in [2.45, 2.75) is 18.9 Å². The number of nitrogens with two attached hydrogens (primary N) is 1. The molecule has 1 aromatic carbocycles. The molecule has 3 atom stereocenters. The lowest BCUT2D eigenvalue weighted by Gasteiger charge is -2.18. The summed E-state index contributed by atoms with van der Waals surface area (Å²) in [5, 5.41) is 3.72. The molecule has 3 unspecified atom stereocenters. The quantitative estimate of drug-likeness (QED) is 0.867. The molecule has 7 heteroatoms. The van der Waals surface area contributed by atoms with Gasteiger partial charge >= 0.3 is 0 Å². The fourth-order valence-corrected chi connectivity index (χ4v) is 4.02. The van der Waals surface area contributed by atoms with Gasteiger partial charge in [0.2, 0.25) is 5.91 Å². The minimum Gasteiger partial charge on any atom is -0.327 e. The lowest BCUT2D eigenvalue weighted by Crippen LogP contribution is -2.34. The Balaban J connectivity index is 0.00000176. The summed E-state index contributed by atoms with van der Waals surface area (Å²) in [7, 11) is 0. The maximum atomic E-state index is 12.2. The topological polar surface area (TPSA) is 58.4 Å². The molecule has 2 aliphatic rings. The number of carbonyl (C=O) groups is 1. The van der Waals surface area contributed by atoms with Crippen LogP contribution < -0.4 is 11.1 Å². The molecule has 1 saturated carbocycles. The van der Waals surface area contributed by atoms with Crippen LogP contribution in [0.4, 0.5) is 5.69 Å². The Morgan fingerprint density at radius 1 is 1.27 bits per heavy atom. The molecule has 0 spiro atoms. The lowest BCUT2D eigenvalue weighted by atomic mass is 9.98. The van der Waals surface area contributed by atoms with E-state index in [2.05, 4.69) is 10.2 Å². The van der Waals surface area contributed by atoms with E-state index < -0.39 is 0 Å². The summed E-state index contributed by atoms with van der Waals surface area (Å²) in [5.74, 6) is 1.11. The molecular formula is C15H20Cl3N3O. The number of halogens is 3. The lowest BCUT2D eigenvalue weighted by molar-refractivity contribution is -0.117. The third kappa shape index (κ3) is 3.69. The number of benzene rings is 1. The van der Waals surface area contributed by atoms with E-state index >= 15 is 0 Å². The number of anilines is 1. The highest BCUT2D eigenvalue weighted by Crippen LogP contribution is 2.37. The number of rotatable bonds is 3. The predicted octanol–water partition coefficient (Wildman–Crippen LogP) is 3.02. The number of carbonyl (C=O) groups excluding carboxylic acids is 1. The summed E-state index contributed by atoms with van der Waals surface area (Å²) < 4.78 is 0. The number of hydrogen-bond donors (Lipinski definition) is 2. The second-order valence-corrected chi connectivity index (χ2v) is 6.82. The standard InChI is InChI=1S/C15H19Cl2N3O.ClH/c16-11-2-1-3-12(17)15(11)19-14(21)8-20-6-9-4-5-13(18)10(9)7-20;/h1-3,9-10,13H,4-8,18H2,(H,19,21);1H. The van der Waals surface area contributed by atoms with Crippen molar-refractivity contribution in [2.75, 3.05) is 25.0 Å². The molecule has 1 saturated heterocycles. The fraction of sp³-hybridized carbons (Fsp3) is 0.533. The van der Waals surface area contributed by atoms with Crippen molar-refractivity contribution in [3.05, 3.63) is 28.2 Å². The first kappa shape index (κ1) is 17.8. The highest BCUT2D eigenvalue weighted by molar-refractivity contribution is 6.39. The third-order valence-corrected chi connectivity index (χ3v) is 5.21. The number of hydrogen-bond acceptors (Lipinski definition) is 3. The number of fused-ring (bicyclic) bond motifs is 1. The maximum Gasteiger partial charge on any atom is 0.238 e. The minimum atomic E-state index is -0.0847. The summed E-state index contributed by atoms with van der Waals surface area (Å²) in [6.45, 7) is 2.23. The molecular weight excluding hydrogens is 345 g/mol. The second-order valence-electron chi connectivity index (χ2n) is 6.00. The Hall–Kier alpha value is -0.520. The molecule has 1 amide bonds. The fourth-order valence-electron chi connectivity index (χ4n) is 3.53. The number of amides is 1. The van der Waals surface area contributed by atoms with E-state index in [1.54, 1.807) is 18.2 Å². The second kappa shape index (κ2) is 7.37. The van der Waals surface area contributed by atoms with Crippen LogP contribution in [-0.4, -0.2) is 36.5 Å². The summed E-state index contributed by atoms with van der Waals surface area (Å²) in [6, 6.07) is 5.47. The van der Waals surface area contributed by atoms with Crippen molar-refractivity contribution >= 4 is 47.2 Å². The van der Waals surface area contributed by atoms with Gasteiger partial charge in [-0.1, -0.05) is 29.3 Å². The summed E-state index contributed by atoms with van der Waals surface area (Å²) in [5.41, 5.74) is 6.60. The van der Waals surface area contributed by atoms with Crippen LogP contribution in [0.2, 0.25) is 10.0 Å². The van der Waals surface area contributed by atoms with Crippen LogP contribution in [0.5, 0.6) is 0 Å². The van der Waals surface area contributed by atoms with Crippen molar-refractivity contribution in [1.82, 2.24) is 4.90 Å². The van der Waals surface area contributed by atoms with Gasteiger partial charge in [0.05, 0.1) is 22.3 Å². The van der Waals surface area contributed by atoms with Crippen LogP contribution in [0.1, 0.15) is 12.8 Å². The first-order valence-electron chi connectivity index (χ1n) is 7.26. The molecule has 3 rings (SSSR count). The zero-order chi connectivity index (χ0) is 15.0. The molecule has 1 aliphatic carbocycles. The Morgan fingerprint density at radius 2 is 1.95 bits per heavy atom. The molecule has 2 fully saturated rings. The van der Waals surface area contributed by atoms with E-state index in [0.29, 0.717) is 40.2 Å². The molecule has 1 aromatic rings. The summed E-state index contributed by atoms with van der Waals surface area (Å²) in [6.07, 6.45) is 2.30. The third-order valence-electron chi connectivity index (χ3n) is 4.58. The monoisotopic (exact) mass is 363 g/mol. The van der Waals surface area contributed by atoms with Crippen LogP contribution >= 0.6 is 35.6 Å². The van der Waals surface area contributed by atoms with Gasteiger partial charge < -0.3 is 11.1 Å². The van der Waals surface area contributed by atoms with E-state index in [1.807, 2.05) is 0 Å². The van der Waals surface area contributed by atoms with E-state index in [9.17, 15) is 4.79 Å². The van der Waals surface area contributed by atoms with Crippen molar-refractivity contribution in [3.63, 3.8) is 0 Å².